The fourth-order valence-corrected chi connectivity index (χ4v) is 3.62. The van der Waals surface area contributed by atoms with Crippen LogP contribution in [0.1, 0.15) is 22.7 Å². The smallest absolute Gasteiger partial charge is 0.147 e. The first-order valence-corrected chi connectivity index (χ1v) is 9.15. The Hall–Kier alpha value is -2.77. The van der Waals surface area contributed by atoms with Gasteiger partial charge >= 0.3 is 0 Å². The molecule has 0 spiro atoms. The normalized spacial score (nSPS) is 18.0. The van der Waals surface area contributed by atoms with Gasteiger partial charge in [-0.1, -0.05) is 24.3 Å². The van der Waals surface area contributed by atoms with Gasteiger partial charge in [-0.2, -0.15) is 5.10 Å². The van der Waals surface area contributed by atoms with Gasteiger partial charge in [0, 0.05) is 57.4 Å². The van der Waals surface area contributed by atoms with E-state index >= 15 is 0 Å². The van der Waals surface area contributed by atoms with Crippen LogP contribution in [-0.4, -0.2) is 49.4 Å². The molecule has 1 unspecified atom stereocenters. The van der Waals surface area contributed by atoms with Crippen molar-refractivity contribution in [2.75, 3.05) is 24.5 Å². The Bertz CT molecular complexity index is 864. The summed E-state index contributed by atoms with van der Waals surface area (Å²) in [4.78, 5) is 13.5. The van der Waals surface area contributed by atoms with Crippen molar-refractivity contribution in [1.29, 1.82) is 0 Å². The van der Waals surface area contributed by atoms with Crippen LogP contribution in [0.2, 0.25) is 0 Å². The lowest BCUT2D eigenvalue weighted by Crippen LogP contribution is -2.48. The number of aliphatic hydroxyl groups is 1. The SMILES string of the molecule is Cn1cc(CN2CCN(c3cnccn3)CC2c2ccc(CO)cc2)cn1. The molecule has 0 saturated carbocycles. The molecule has 7 nitrogen and oxygen atoms in total. The van der Waals surface area contributed by atoms with Crippen molar-refractivity contribution in [3.63, 3.8) is 0 Å². The van der Waals surface area contributed by atoms with Crippen molar-refractivity contribution in [3.8, 4) is 0 Å². The number of aliphatic hydroxyl groups excluding tert-OH is 1. The predicted molar refractivity (Wildman–Crippen MR) is 103 cm³/mol. The van der Waals surface area contributed by atoms with Gasteiger partial charge in [0.1, 0.15) is 5.82 Å². The maximum Gasteiger partial charge on any atom is 0.147 e. The number of benzene rings is 1. The van der Waals surface area contributed by atoms with Gasteiger partial charge in [-0.25, -0.2) is 4.98 Å². The summed E-state index contributed by atoms with van der Waals surface area (Å²) in [7, 11) is 1.95. The van der Waals surface area contributed by atoms with Crippen molar-refractivity contribution < 1.29 is 5.11 Å². The van der Waals surface area contributed by atoms with E-state index in [2.05, 4.69) is 43.2 Å². The molecule has 1 N–H and O–H groups in total. The largest absolute Gasteiger partial charge is 0.392 e. The summed E-state index contributed by atoms with van der Waals surface area (Å²) in [6.45, 7) is 3.60. The van der Waals surface area contributed by atoms with Crippen molar-refractivity contribution in [1.82, 2.24) is 24.6 Å². The van der Waals surface area contributed by atoms with E-state index in [9.17, 15) is 5.11 Å². The number of anilines is 1. The van der Waals surface area contributed by atoms with Gasteiger partial charge in [0.15, 0.2) is 0 Å². The topological polar surface area (TPSA) is 70.3 Å². The molecular weight excluding hydrogens is 340 g/mol. The number of nitrogens with zero attached hydrogens (tertiary/aromatic N) is 6. The number of hydrogen-bond acceptors (Lipinski definition) is 6. The molecule has 0 bridgehead atoms. The Kier molecular flexibility index (Phi) is 5.13. The quantitative estimate of drug-likeness (QED) is 0.744. The van der Waals surface area contributed by atoms with E-state index in [0.29, 0.717) is 0 Å². The number of piperazine rings is 1. The first-order valence-electron chi connectivity index (χ1n) is 9.15. The van der Waals surface area contributed by atoms with Crippen LogP contribution in [0.5, 0.6) is 0 Å². The second kappa shape index (κ2) is 7.85. The third-order valence-electron chi connectivity index (χ3n) is 5.06. The minimum Gasteiger partial charge on any atom is -0.392 e. The van der Waals surface area contributed by atoms with Crippen LogP contribution in [0.15, 0.2) is 55.2 Å². The van der Waals surface area contributed by atoms with E-state index in [-0.39, 0.29) is 12.6 Å². The van der Waals surface area contributed by atoms with Crippen LogP contribution in [0.4, 0.5) is 5.82 Å². The molecule has 1 atom stereocenters. The van der Waals surface area contributed by atoms with Crippen molar-refractivity contribution >= 4 is 5.82 Å². The highest BCUT2D eigenvalue weighted by Crippen LogP contribution is 2.29. The van der Waals surface area contributed by atoms with Gasteiger partial charge in [-0.05, 0) is 11.1 Å². The van der Waals surface area contributed by atoms with Crippen molar-refractivity contribution in [2.24, 2.45) is 7.05 Å². The Morgan fingerprint density at radius 3 is 2.59 bits per heavy atom. The Labute approximate surface area is 158 Å². The van der Waals surface area contributed by atoms with Crippen LogP contribution >= 0.6 is 0 Å². The average Bonchev–Trinajstić information content (AvgIpc) is 3.14. The monoisotopic (exact) mass is 364 g/mol. The first-order chi connectivity index (χ1) is 13.2. The molecule has 140 valence electrons. The molecule has 0 amide bonds. The molecule has 0 radical (unpaired) electrons. The van der Waals surface area contributed by atoms with Gasteiger partial charge in [-0.3, -0.25) is 14.6 Å². The number of rotatable bonds is 5. The summed E-state index contributed by atoms with van der Waals surface area (Å²) in [5.74, 6) is 0.913. The van der Waals surface area contributed by atoms with Crippen LogP contribution in [0.25, 0.3) is 0 Å². The third kappa shape index (κ3) is 3.99. The highest BCUT2D eigenvalue weighted by atomic mass is 16.3. The molecule has 1 aliphatic heterocycles. The summed E-state index contributed by atoms with van der Waals surface area (Å²) in [6.07, 6.45) is 9.26. The predicted octanol–water partition coefficient (Wildman–Crippen LogP) is 1.77. The van der Waals surface area contributed by atoms with Crippen molar-refractivity contribution in [3.05, 3.63) is 71.9 Å². The van der Waals surface area contributed by atoms with E-state index in [4.69, 9.17) is 0 Å². The Morgan fingerprint density at radius 2 is 1.93 bits per heavy atom. The van der Waals surface area contributed by atoms with Crippen molar-refractivity contribution in [2.45, 2.75) is 19.2 Å². The van der Waals surface area contributed by atoms with Crippen LogP contribution in [0, 0.1) is 0 Å². The summed E-state index contributed by atoms with van der Waals surface area (Å²) >= 11 is 0. The molecule has 3 heterocycles. The highest BCUT2D eigenvalue weighted by molar-refractivity contribution is 5.38. The van der Waals surface area contributed by atoms with Crippen LogP contribution in [-0.2, 0) is 20.2 Å². The first kappa shape index (κ1) is 17.6. The average molecular weight is 364 g/mol. The Morgan fingerprint density at radius 1 is 1.07 bits per heavy atom. The fourth-order valence-electron chi connectivity index (χ4n) is 3.62. The van der Waals surface area contributed by atoms with Gasteiger partial charge < -0.3 is 10.0 Å². The highest BCUT2D eigenvalue weighted by Gasteiger charge is 2.29. The molecule has 7 heteroatoms. The summed E-state index contributed by atoms with van der Waals surface area (Å²) in [5.41, 5.74) is 3.38. The van der Waals surface area contributed by atoms with E-state index in [1.807, 2.05) is 36.3 Å². The summed E-state index contributed by atoms with van der Waals surface area (Å²) in [6, 6.07) is 8.46. The molecule has 0 aliphatic carbocycles. The lowest BCUT2D eigenvalue weighted by molar-refractivity contribution is 0.168. The molecule has 4 rings (SSSR count). The molecular formula is C20H24N6O. The maximum absolute atomic E-state index is 9.34. The zero-order chi connectivity index (χ0) is 18.6. The second-order valence-corrected chi connectivity index (χ2v) is 6.92. The van der Waals surface area contributed by atoms with E-state index < -0.39 is 0 Å². The number of aromatic nitrogens is 4. The second-order valence-electron chi connectivity index (χ2n) is 6.92. The minimum absolute atomic E-state index is 0.0656. The maximum atomic E-state index is 9.34. The molecule has 1 fully saturated rings. The minimum atomic E-state index is 0.0656. The molecule has 1 aliphatic rings. The zero-order valence-electron chi connectivity index (χ0n) is 15.4. The molecule has 1 aromatic carbocycles. The Balaban J connectivity index is 1.59. The lowest BCUT2D eigenvalue weighted by Gasteiger charge is -2.42. The molecule has 27 heavy (non-hydrogen) atoms. The van der Waals surface area contributed by atoms with E-state index in [1.165, 1.54) is 11.1 Å². The summed E-state index contributed by atoms with van der Waals surface area (Å²) < 4.78 is 1.84. The number of hydrogen-bond donors (Lipinski definition) is 1. The van der Waals surface area contributed by atoms with Gasteiger partial charge in [0.05, 0.1) is 25.0 Å². The fraction of sp³-hybridized carbons (Fsp3) is 0.350. The van der Waals surface area contributed by atoms with Crippen LogP contribution < -0.4 is 4.90 Å². The van der Waals surface area contributed by atoms with Crippen LogP contribution in [0.3, 0.4) is 0 Å². The van der Waals surface area contributed by atoms with Gasteiger partial charge in [0.25, 0.3) is 0 Å². The molecule has 1 saturated heterocycles. The standard InChI is InChI=1S/C20H24N6O/c1-24-12-17(10-23-24)13-25-8-9-26(20-11-21-6-7-22-20)14-19(25)18-4-2-16(15-27)3-5-18/h2-7,10-12,19,27H,8-9,13-15H2,1H3. The van der Waals surface area contributed by atoms with E-state index in [1.54, 1.807) is 12.4 Å². The van der Waals surface area contributed by atoms with Gasteiger partial charge in [0.2, 0.25) is 0 Å². The summed E-state index contributed by atoms with van der Waals surface area (Å²) in [5, 5.41) is 13.6. The number of aryl methyl sites for hydroxylation is 1. The lowest BCUT2D eigenvalue weighted by atomic mass is 10.00. The molecule has 2 aromatic heterocycles. The van der Waals surface area contributed by atoms with E-state index in [0.717, 1.165) is 37.6 Å². The third-order valence-corrected chi connectivity index (χ3v) is 5.06. The molecule has 3 aromatic rings. The zero-order valence-corrected chi connectivity index (χ0v) is 15.4. The van der Waals surface area contributed by atoms with Gasteiger partial charge in [-0.15, -0.1) is 0 Å².